The predicted molar refractivity (Wildman–Crippen MR) is 149 cm³/mol. The molecule has 6 rings (SSSR count). The van der Waals surface area contributed by atoms with Crippen molar-refractivity contribution in [1.82, 2.24) is 9.88 Å². The molecule has 1 unspecified atom stereocenters. The lowest BCUT2D eigenvalue weighted by Crippen LogP contribution is -2.54. The van der Waals surface area contributed by atoms with E-state index in [0.717, 1.165) is 30.5 Å². The Balaban J connectivity index is 1.47. The fourth-order valence-electron chi connectivity index (χ4n) is 6.31. The first-order chi connectivity index (χ1) is 19.1. The number of carbonyl (C=O) groups is 2. The highest BCUT2D eigenvalue weighted by molar-refractivity contribution is 7.92. The standard InChI is InChI=1S/C29H28ClFN4O4S/c1-18(36)34-14-11-29(12-15-34)23-16-20(28(37)33-25-17-32-13-10-24(25)30)4-9-26(23)35(27(29)19-2-3-19)40(38,39)22-7-5-21(31)6-8-22/h4-10,13,16-17,19,27H,2-3,11-12,14-15H2,1H3,(H,33,37). The number of amides is 2. The number of nitrogens with one attached hydrogen (secondary N) is 1. The Labute approximate surface area is 237 Å². The first kappa shape index (κ1) is 26.7. The molecule has 3 aromatic rings. The quantitative estimate of drug-likeness (QED) is 0.457. The summed E-state index contributed by atoms with van der Waals surface area (Å²) in [6, 6.07) is 11.2. The van der Waals surface area contributed by atoms with Gasteiger partial charge in [0.1, 0.15) is 5.82 Å². The molecule has 2 aliphatic heterocycles. The van der Waals surface area contributed by atoms with Gasteiger partial charge in [-0.15, -0.1) is 0 Å². The maximum atomic E-state index is 14.2. The SMILES string of the molecule is CC(=O)N1CCC2(CC1)c1cc(C(=O)Nc3cnccc3Cl)ccc1N(S(=O)(=O)c1ccc(F)cc1)C2C1CC1. The van der Waals surface area contributed by atoms with Gasteiger partial charge in [-0.3, -0.25) is 18.9 Å². The van der Waals surface area contributed by atoms with Crippen molar-refractivity contribution in [3.8, 4) is 0 Å². The molecule has 2 amide bonds. The molecule has 40 heavy (non-hydrogen) atoms. The van der Waals surface area contributed by atoms with E-state index in [1.165, 1.54) is 35.8 Å². The molecule has 0 radical (unpaired) electrons. The van der Waals surface area contributed by atoms with Gasteiger partial charge in [-0.05, 0) is 85.7 Å². The van der Waals surface area contributed by atoms with E-state index >= 15 is 0 Å². The number of pyridine rings is 1. The zero-order valence-electron chi connectivity index (χ0n) is 21.8. The third-order valence-corrected chi connectivity index (χ3v) is 10.5. The third-order valence-electron chi connectivity index (χ3n) is 8.41. The van der Waals surface area contributed by atoms with Crippen molar-refractivity contribution in [1.29, 1.82) is 0 Å². The van der Waals surface area contributed by atoms with Crippen LogP contribution in [0.2, 0.25) is 5.02 Å². The summed E-state index contributed by atoms with van der Waals surface area (Å²) in [5.74, 6) is -0.792. The second kappa shape index (κ2) is 9.85. The fourth-order valence-corrected chi connectivity index (χ4v) is 8.26. The van der Waals surface area contributed by atoms with Crippen molar-refractivity contribution >= 4 is 44.8 Å². The van der Waals surface area contributed by atoms with Gasteiger partial charge in [0.2, 0.25) is 5.91 Å². The average Bonchev–Trinajstić information content (AvgIpc) is 3.74. The lowest BCUT2D eigenvalue weighted by molar-refractivity contribution is -0.130. The van der Waals surface area contributed by atoms with E-state index in [9.17, 15) is 22.4 Å². The van der Waals surface area contributed by atoms with Gasteiger partial charge in [0.15, 0.2) is 0 Å². The fraction of sp³-hybridized carbons (Fsp3) is 0.345. The smallest absolute Gasteiger partial charge is 0.264 e. The average molecular weight is 583 g/mol. The van der Waals surface area contributed by atoms with Gasteiger partial charge in [-0.25, -0.2) is 12.8 Å². The molecular weight excluding hydrogens is 555 g/mol. The predicted octanol–water partition coefficient (Wildman–Crippen LogP) is 4.99. The first-order valence-corrected chi connectivity index (χ1v) is 15.0. The third kappa shape index (κ3) is 4.43. The van der Waals surface area contributed by atoms with E-state index in [-0.39, 0.29) is 22.8 Å². The summed E-state index contributed by atoms with van der Waals surface area (Å²) in [6.07, 6.45) is 5.90. The van der Waals surface area contributed by atoms with Gasteiger partial charge >= 0.3 is 0 Å². The molecule has 3 heterocycles. The highest BCUT2D eigenvalue weighted by Gasteiger charge is 2.60. The summed E-state index contributed by atoms with van der Waals surface area (Å²) >= 11 is 6.22. The largest absolute Gasteiger partial charge is 0.343 e. The van der Waals surface area contributed by atoms with Crippen LogP contribution >= 0.6 is 11.6 Å². The Morgan fingerprint density at radius 3 is 2.40 bits per heavy atom. The summed E-state index contributed by atoms with van der Waals surface area (Å²) in [5, 5.41) is 3.15. The number of halogens is 2. The minimum absolute atomic E-state index is 0.0109. The van der Waals surface area contributed by atoms with Crippen molar-refractivity contribution in [2.24, 2.45) is 5.92 Å². The van der Waals surface area contributed by atoms with Crippen LogP contribution in [0.1, 0.15) is 48.5 Å². The molecule has 1 aromatic heterocycles. The second-order valence-corrected chi connectivity index (χ2v) is 13.0. The van der Waals surface area contributed by atoms with Crippen molar-refractivity contribution < 1.29 is 22.4 Å². The minimum Gasteiger partial charge on any atom is -0.343 e. The van der Waals surface area contributed by atoms with Gasteiger partial charge in [-0.2, -0.15) is 0 Å². The molecule has 1 atom stereocenters. The minimum atomic E-state index is -4.06. The number of aromatic nitrogens is 1. The van der Waals surface area contributed by atoms with E-state index in [4.69, 9.17) is 11.6 Å². The monoisotopic (exact) mass is 582 g/mol. The van der Waals surface area contributed by atoms with E-state index in [0.29, 0.717) is 47.9 Å². The van der Waals surface area contributed by atoms with Crippen LogP contribution in [-0.4, -0.2) is 49.2 Å². The van der Waals surface area contributed by atoms with Crippen LogP contribution in [0.5, 0.6) is 0 Å². The van der Waals surface area contributed by atoms with Crippen LogP contribution < -0.4 is 9.62 Å². The number of likely N-dealkylation sites (tertiary alicyclic amines) is 1. The number of sulfonamides is 1. The molecule has 208 valence electrons. The molecule has 8 nitrogen and oxygen atoms in total. The molecule has 2 fully saturated rings. The molecule has 2 aromatic carbocycles. The highest BCUT2D eigenvalue weighted by Crippen LogP contribution is 2.59. The van der Waals surface area contributed by atoms with Crippen LogP contribution in [0, 0.1) is 11.7 Å². The molecule has 1 spiro atoms. The molecule has 0 bridgehead atoms. The molecule has 1 aliphatic carbocycles. The number of fused-ring (bicyclic) bond motifs is 2. The first-order valence-electron chi connectivity index (χ1n) is 13.2. The topological polar surface area (TPSA) is 99.7 Å². The summed E-state index contributed by atoms with van der Waals surface area (Å²) in [5.41, 5.74) is 1.45. The molecule has 3 aliphatic rings. The van der Waals surface area contributed by atoms with Crippen LogP contribution in [0.25, 0.3) is 0 Å². The number of nitrogens with zero attached hydrogens (tertiary/aromatic N) is 3. The van der Waals surface area contributed by atoms with E-state index in [1.807, 2.05) is 0 Å². The van der Waals surface area contributed by atoms with Crippen LogP contribution in [0.3, 0.4) is 0 Å². The van der Waals surface area contributed by atoms with Crippen molar-refractivity contribution in [3.05, 3.63) is 82.9 Å². The van der Waals surface area contributed by atoms with Crippen molar-refractivity contribution in [3.63, 3.8) is 0 Å². The Bertz CT molecular complexity index is 1600. The van der Waals surface area contributed by atoms with Gasteiger partial charge in [-0.1, -0.05) is 11.6 Å². The van der Waals surface area contributed by atoms with Crippen LogP contribution in [-0.2, 0) is 20.2 Å². The number of hydrogen-bond acceptors (Lipinski definition) is 5. The molecule has 1 saturated heterocycles. The second-order valence-electron chi connectivity index (χ2n) is 10.7. The number of benzene rings is 2. The summed E-state index contributed by atoms with van der Waals surface area (Å²) in [7, 11) is -4.06. The van der Waals surface area contributed by atoms with E-state index in [2.05, 4.69) is 10.3 Å². The number of hydrogen-bond donors (Lipinski definition) is 1. The zero-order chi connectivity index (χ0) is 28.2. The van der Waals surface area contributed by atoms with Crippen LogP contribution in [0.15, 0.2) is 65.8 Å². The Kier molecular flexibility index (Phi) is 6.58. The Morgan fingerprint density at radius 1 is 1.07 bits per heavy atom. The summed E-state index contributed by atoms with van der Waals surface area (Å²) < 4.78 is 43.6. The van der Waals surface area contributed by atoms with Crippen LogP contribution in [0.4, 0.5) is 15.8 Å². The normalized spacial score (nSPS) is 19.9. The van der Waals surface area contributed by atoms with Crippen molar-refractivity contribution in [2.75, 3.05) is 22.7 Å². The maximum Gasteiger partial charge on any atom is 0.264 e. The summed E-state index contributed by atoms with van der Waals surface area (Å²) in [4.78, 5) is 31.3. The van der Waals surface area contributed by atoms with Gasteiger partial charge < -0.3 is 10.2 Å². The zero-order valence-corrected chi connectivity index (χ0v) is 23.4. The number of rotatable bonds is 5. The maximum absolute atomic E-state index is 14.2. The molecule has 1 saturated carbocycles. The van der Waals surface area contributed by atoms with Gasteiger partial charge in [0.25, 0.3) is 15.9 Å². The number of carbonyl (C=O) groups excluding carboxylic acids is 2. The molecule has 1 N–H and O–H groups in total. The van der Waals surface area contributed by atoms with Gasteiger partial charge in [0, 0.05) is 37.2 Å². The van der Waals surface area contributed by atoms with E-state index < -0.39 is 27.2 Å². The summed E-state index contributed by atoms with van der Waals surface area (Å²) in [6.45, 7) is 2.52. The van der Waals surface area contributed by atoms with Crippen molar-refractivity contribution in [2.45, 2.75) is 49.0 Å². The lowest BCUT2D eigenvalue weighted by Gasteiger charge is -2.45. The Morgan fingerprint density at radius 2 is 1.77 bits per heavy atom. The van der Waals surface area contributed by atoms with Gasteiger partial charge in [0.05, 0.1) is 33.5 Å². The lowest BCUT2D eigenvalue weighted by atomic mass is 9.68. The molecular formula is C29H28ClFN4O4S. The number of anilines is 2. The highest BCUT2D eigenvalue weighted by atomic mass is 35.5. The van der Waals surface area contributed by atoms with E-state index in [1.54, 1.807) is 29.2 Å². The Hall–Kier alpha value is -3.50. The molecule has 11 heteroatoms. The number of piperidine rings is 1.